The highest BCUT2D eigenvalue weighted by molar-refractivity contribution is 7.89. The highest BCUT2D eigenvalue weighted by atomic mass is 32.2. The Hall–Kier alpha value is -0.470. The lowest BCUT2D eigenvalue weighted by Crippen LogP contribution is -2.28. The summed E-state index contributed by atoms with van der Waals surface area (Å²) in [6.45, 7) is 3.75. The molecule has 0 bridgehead atoms. The second-order valence-corrected chi connectivity index (χ2v) is 7.42. The van der Waals surface area contributed by atoms with Crippen LogP contribution in [0, 0.1) is 6.92 Å². The summed E-state index contributed by atoms with van der Waals surface area (Å²) >= 11 is 1.48. The van der Waals surface area contributed by atoms with Crippen molar-refractivity contribution < 1.29 is 8.42 Å². The molecule has 0 atom stereocenters. The third-order valence-corrected chi connectivity index (χ3v) is 5.59. The fraction of sp³-hybridized carbons (Fsp3) is 0.667. The molecular formula is C12H23N3O2S2. The Morgan fingerprint density at radius 2 is 2.05 bits per heavy atom. The average molecular weight is 305 g/mol. The van der Waals surface area contributed by atoms with Crippen LogP contribution in [0.2, 0.25) is 0 Å². The van der Waals surface area contributed by atoms with Crippen molar-refractivity contribution in [2.24, 2.45) is 0 Å². The molecular weight excluding hydrogens is 282 g/mol. The molecule has 0 aliphatic rings. The van der Waals surface area contributed by atoms with Crippen LogP contribution in [-0.2, 0) is 16.6 Å². The SMILES string of the molecule is CNCc1scc(C)c1S(=O)(=O)NCCCN(C)C. The normalized spacial score (nSPS) is 12.3. The van der Waals surface area contributed by atoms with Gasteiger partial charge in [-0.2, -0.15) is 0 Å². The van der Waals surface area contributed by atoms with E-state index >= 15 is 0 Å². The Balaban J connectivity index is 2.74. The third kappa shape index (κ3) is 4.85. The van der Waals surface area contributed by atoms with Gasteiger partial charge in [-0.3, -0.25) is 0 Å². The largest absolute Gasteiger partial charge is 0.315 e. The summed E-state index contributed by atoms with van der Waals surface area (Å²) in [5.41, 5.74) is 0.815. The van der Waals surface area contributed by atoms with Crippen LogP contribution >= 0.6 is 11.3 Å². The van der Waals surface area contributed by atoms with E-state index in [0.717, 1.165) is 23.4 Å². The van der Waals surface area contributed by atoms with E-state index < -0.39 is 10.0 Å². The summed E-state index contributed by atoms with van der Waals surface area (Å²) in [4.78, 5) is 3.34. The van der Waals surface area contributed by atoms with E-state index in [-0.39, 0.29) is 0 Å². The van der Waals surface area contributed by atoms with Crippen LogP contribution in [0.3, 0.4) is 0 Å². The summed E-state index contributed by atoms with van der Waals surface area (Å²) in [6, 6.07) is 0. The summed E-state index contributed by atoms with van der Waals surface area (Å²) < 4.78 is 27.3. The van der Waals surface area contributed by atoms with Crippen LogP contribution < -0.4 is 10.0 Å². The number of nitrogens with zero attached hydrogens (tertiary/aromatic N) is 1. The second-order valence-electron chi connectivity index (χ2n) is 4.76. The summed E-state index contributed by atoms with van der Waals surface area (Å²) in [5, 5.41) is 4.89. The molecule has 2 N–H and O–H groups in total. The lowest BCUT2D eigenvalue weighted by atomic mass is 10.3. The lowest BCUT2D eigenvalue weighted by molar-refractivity contribution is 0.400. The molecule has 0 aliphatic carbocycles. The molecule has 0 fully saturated rings. The molecule has 0 saturated heterocycles. The van der Waals surface area contributed by atoms with Crippen molar-refractivity contribution in [3.8, 4) is 0 Å². The number of sulfonamides is 1. The van der Waals surface area contributed by atoms with Crippen LogP contribution in [0.4, 0.5) is 0 Å². The maximum absolute atomic E-state index is 12.3. The van der Waals surface area contributed by atoms with Gasteiger partial charge in [0.25, 0.3) is 0 Å². The first-order chi connectivity index (χ1) is 8.88. The smallest absolute Gasteiger partial charge is 0.241 e. The van der Waals surface area contributed by atoms with Gasteiger partial charge >= 0.3 is 0 Å². The van der Waals surface area contributed by atoms with Gasteiger partial charge in [-0.1, -0.05) is 0 Å². The summed E-state index contributed by atoms with van der Waals surface area (Å²) in [7, 11) is 2.37. The van der Waals surface area contributed by atoms with Crippen LogP contribution in [0.1, 0.15) is 16.9 Å². The Labute approximate surface area is 120 Å². The van der Waals surface area contributed by atoms with Gasteiger partial charge in [0.1, 0.15) is 4.90 Å². The van der Waals surface area contributed by atoms with Crippen molar-refractivity contribution >= 4 is 21.4 Å². The second kappa shape index (κ2) is 7.35. The molecule has 0 unspecified atom stereocenters. The summed E-state index contributed by atoms with van der Waals surface area (Å²) in [6.07, 6.45) is 0.802. The number of hydrogen-bond donors (Lipinski definition) is 2. The molecule has 5 nitrogen and oxygen atoms in total. The molecule has 0 spiro atoms. The Morgan fingerprint density at radius 3 is 2.63 bits per heavy atom. The van der Waals surface area contributed by atoms with Gasteiger partial charge in [-0.05, 0) is 52.0 Å². The average Bonchev–Trinajstić information content (AvgIpc) is 2.67. The standard InChI is InChI=1S/C12H23N3O2S2/c1-10-9-18-11(8-13-2)12(10)19(16,17)14-6-5-7-15(3)4/h9,13-14H,5-8H2,1-4H3. The lowest BCUT2D eigenvalue weighted by Gasteiger charge is -2.11. The van der Waals surface area contributed by atoms with Crippen molar-refractivity contribution in [1.29, 1.82) is 0 Å². The molecule has 110 valence electrons. The van der Waals surface area contributed by atoms with Crippen LogP contribution in [-0.4, -0.2) is 47.6 Å². The number of nitrogens with one attached hydrogen (secondary N) is 2. The van der Waals surface area contributed by atoms with Crippen molar-refractivity contribution in [3.05, 3.63) is 15.8 Å². The summed E-state index contributed by atoms with van der Waals surface area (Å²) in [5.74, 6) is 0. The first kappa shape index (κ1) is 16.6. The Bertz CT molecular complexity index is 495. The quantitative estimate of drug-likeness (QED) is 0.704. The van der Waals surface area contributed by atoms with E-state index in [1.54, 1.807) is 0 Å². The van der Waals surface area contributed by atoms with E-state index in [4.69, 9.17) is 0 Å². The molecule has 0 radical (unpaired) electrons. The monoisotopic (exact) mass is 305 g/mol. The van der Waals surface area contributed by atoms with Crippen LogP contribution in [0.5, 0.6) is 0 Å². The molecule has 1 heterocycles. The maximum atomic E-state index is 12.3. The van der Waals surface area contributed by atoms with Gasteiger partial charge in [0.15, 0.2) is 0 Å². The van der Waals surface area contributed by atoms with Crippen molar-refractivity contribution in [1.82, 2.24) is 14.9 Å². The van der Waals surface area contributed by atoms with Crippen LogP contribution in [0.15, 0.2) is 10.3 Å². The Kier molecular flexibility index (Phi) is 6.41. The number of rotatable bonds is 8. The van der Waals surface area contributed by atoms with Gasteiger partial charge in [-0.15, -0.1) is 11.3 Å². The van der Waals surface area contributed by atoms with Gasteiger partial charge in [0.05, 0.1) is 0 Å². The van der Waals surface area contributed by atoms with E-state index in [1.807, 2.05) is 38.3 Å². The minimum Gasteiger partial charge on any atom is -0.315 e. The van der Waals surface area contributed by atoms with E-state index in [9.17, 15) is 8.42 Å². The molecule has 1 aromatic heterocycles. The van der Waals surface area contributed by atoms with E-state index in [1.165, 1.54) is 11.3 Å². The van der Waals surface area contributed by atoms with Gasteiger partial charge in [-0.25, -0.2) is 13.1 Å². The third-order valence-electron chi connectivity index (χ3n) is 2.67. The topological polar surface area (TPSA) is 61.4 Å². The van der Waals surface area contributed by atoms with Crippen LogP contribution in [0.25, 0.3) is 0 Å². The fourth-order valence-corrected chi connectivity index (χ4v) is 4.70. The van der Waals surface area contributed by atoms with Gasteiger partial charge < -0.3 is 10.2 Å². The van der Waals surface area contributed by atoms with Crippen molar-refractivity contribution in [3.63, 3.8) is 0 Å². The predicted molar refractivity (Wildman–Crippen MR) is 80.2 cm³/mol. The first-order valence-corrected chi connectivity index (χ1v) is 8.60. The highest BCUT2D eigenvalue weighted by Crippen LogP contribution is 2.26. The Morgan fingerprint density at radius 1 is 1.37 bits per heavy atom. The molecule has 1 aromatic rings. The molecule has 0 saturated carbocycles. The van der Waals surface area contributed by atoms with E-state index in [0.29, 0.717) is 18.0 Å². The molecule has 7 heteroatoms. The number of thiophene rings is 1. The van der Waals surface area contributed by atoms with Gasteiger partial charge in [0, 0.05) is 18.0 Å². The zero-order valence-electron chi connectivity index (χ0n) is 12.0. The zero-order chi connectivity index (χ0) is 14.5. The number of aryl methyl sites for hydroxylation is 1. The molecule has 0 amide bonds. The minimum absolute atomic E-state index is 0.441. The first-order valence-electron chi connectivity index (χ1n) is 6.24. The van der Waals surface area contributed by atoms with Crippen molar-refractivity contribution in [2.75, 3.05) is 34.2 Å². The zero-order valence-corrected chi connectivity index (χ0v) is 13.6. The predicted octanol–water partition coefficient (Wildman–Crippen LogP) is 1.01. The molecule has 0 aliphatic heterocycles. The maximum Gasteiger partial charge on any atom is 0.241 e. The highest BCUT2D eigenvalue weighted by Gasteiger charge is 2.22. The van der Waals surface area contributed by atoms with Crippen molar-refractivity contribution in [2.45, 2.75) is 24.8 Å². The molecule has 1 rings (SSSR count). The van der Waals surface area contributed by atoms with Gasteiger partial charge in [0.2, 0.25) is 10.0 Å². The minimum atomic E-state index is -3.40. The number of hydrogen-bond acceptors (Lipinski definition) is 5. The van der Waals surface area contributed by atoms with E-state index in [2.05, 4.69) is 10.0 Å². The molecule has 19 heavy (non-hydrogen) atoms. The molecule has 0 aromatic carbocycles. The fourth-order valence-electron chi connectivity index (χ4n) is 1.80.